The Morgan fingerprint density at radius 3 is 2.95 bits per heavy atom. The monoisotopic (exact) mass is 306 g/mol. The number of aromatic nitrogens is 3. The zero-order valence-corrected chi connectivity index (χ0v) is 13.1. The molecule has 1 amide bonds. The third-order valence-corrected chi connectivity index (χ3v) is 4.64. The van der Waals surface area contributed by atoms with E-state index in [1.165, 1.54) is 11.3 Å². The number of amides is 1. The van der Waals surface area contributed by atoms with Gasteiger partial charge in [0.1, 0.15) is 11.0 Å². The minimum atomic E-state index is -0.128. The quantitative estimate of drug-likeness (QED) is 0.938. The highest BCUT2D eigenvalue weighted by atomic mass is 32.1. The number of nitrogens with one attached hydrogen (secondary N) is 1. The van der Waals surface area contributed by atoms with Gasteiger partial charge in [0.05, 0.1) is 22.9 Å². The lowest BCUT2D eigenvalue weighted by molar-refractivity contribution is 0.0824. The van der Waals surface area contributed by atoms with E-state index in [9.17, 15) is 4.79 Å². The summed E-state index contributed by atoms with van der Waals surface area (Å²) in [7, 11) is 1.87. The predicted octanol–water partition coefficient (Wildman–Crippen LogP) is 1.75. The Kier molecular flexibility index (Phi) is 3.77. The van der Waals surface area contributed by atoms with E-state index in [1.54, 1.807) is 10.9 Å². The van der Waals surface area contributed by atoms with E-state index in [1.807, 2.05) is 27.1 Å². The van der Waals surface area contributed by atoms with Gasteiger partial charge in [0.15, 0.2) is 0 Å². The molecule has 1 fully saturated rings. The van der Waals surface area contributed by atoms with Crippen LogP contribution < -0.4 is 5.32 Å². The van der Waals surface area contributed by atoms with Crippen molar-refractivity contribution < 1.29 is 9.53 Å². The highest BCUT2D eigenvalue weighted by Gasteiger charge is 2.32. The predicted molar refractivity (Wildman–Crippen MR) is 79.4 cm³/mol. The number of ether oxygens (including phenoxy) is 1. The minimum absolute atomic E-state index is 0.0245. The molecule has 7 heteroatoms. The molecule has 2 aromatic heterocycles. The lowest BCUT2D eigenvalue weighted by Gasteiger charge is -2.18. The summed E-state index contributed by atoms with van der Waals surface area (Å²) in [4.78, 5) is 17.4. The normalized spacial score (nSPS) is 21.7. The van der Waals surface area contributed by atoms with Crippen molar-refractivity contribution in [3.8, 4) is 0 Å². The Bertz CT molecular complexity index is 664. The Morgan fingerprint density at radius 1 is 1.52 bits per heavy atom. The molecule has 6 nitrogen and oxygen atoms in total. The largest absolute Gasteiger partial charge is 0.371 e. The van der Waals surface area contributed by atoms with Crippen molar-refractivity contribution in [2.24, 2.45) is 7.05 Å². The van der Waals surface area contributed by atoms with Gasteiger partial charge >= 0.3 is 0 Å². The van der Waals surface area contributed by atoms with Crippen LogP contribution in [0.1, 0.15) is 38.5 Å². The zero-order valence-electron chi connectivity index (χ0n) is 12.3. The molecule has 0 aliphatic carbocycles. The molecule has 2 aromatic rings. The van der Waals surface area contributed by atoms with Crippen LogP contribution in [0.25, 0.3) is 0 Å². The molecule has 0 aromatic carbocycles. The number of carbonyl (C=O) groups excluding carboxylic acids is 1. The molecule has 1 saturated heterocycles. The third-order valence-electron chi connectivity index (χ3n) is 3.57. The summed E-state index contributed by atoms with van der Waals surface area (Å²) in [6.45, 7) is 4.42. The van der Waals surface area contributed by atoms with Crippen molar-refractivity contribution in [1.29, 1.82) is 0 Å². The van der Waals surface area contributed by atoms with Crippen molar-refractivity contribution in [2.75, 3.05) is 6.61 Å². The molecule has 0 unspecified atom stereocenters. The lowest BCUT2D eigenvalue weighted by atomic mass is 10.1. The maximum atomic E-state index is 12.4. The fourth-order valence-corrected chi connectivity index (χ4v) is 3.45. The highest BCUT2D eigenvalue weighted by molar-refractivity contribution is 7.13. The van der Waals surface area contributed by atoms with Crippen LogP contribution in [0, 0.1) is 13.8 Å². The van der Waals surface area contributed by atoms with E-state index in [-0.39, 0.29) is 18.1 Å². The summed E-state index contributed by atoms with van der Waals surface area (Å²) in [6.07, 6.45) is 4.40. The van der Waals surface area contributed by atoms with Crippen LogP contribution in [0.15, 0.2) is 12.4 Å². The number of rotatable bonds is 3. The van der Waals surface area contributed by atoms with E-state index in [2.05, 4.69) is 15.4 Å². The first kappa shape index (κ1) is 14.2. The second kappa shape index (κ2) is 5.57. The van der Waals surface area contributed by atoms with Crippen molar-refractivity contribution in [2.45, 2.75) is 32.4 Å². The summed E-state index contributed by atoms with van der Waals surface area (Å²) in [5.74, 6) is -0.0671. The van der Waals surface area contributed by atoms with E-state index in [0.717, 1.165) is 22.7 Å². The van der Waals surface area contributed by atoms with Gasteiger partial charge in [-0.25, -0.2) is 4.98 Å². The van der Waals surface area contributed by atoms with Crippen LogP contribution in [-0.2, 0) is 11.8 Å². The second-order valence-corrected chi connectivity index (χ2v) is 6.46. The zero-order chi connectivity index (χ0) is 15.0. The number of aryl methyl sites for hydroxylation is 3. The van der Waals surface area contributed by atoms with Gasteiger partial charge in [-0.3, -0.25) is 9.48 Å². The maximum Gasteiger partial charge on any atom is 0.263 e. The Balaban J connectivity index is 1.74. The molecule has 0 bridgehead atoms. The standard InChI is InChI=1S/C14H18N4O2S/c1-8-13(21-9(2)16-8)14(19)17-11-4-5-20-12(11)10-6-15-18(3)7-10/h6-7,11-12H,4-5H2,1-3H3,(H,17,19)/t11-,12+/m0/s1. The molecule has 2 atom stereocenters. The molecule has 112 valence electrons. The molecule has 21 heavy (non-hydrogen) atoms. The summed E-state index contributed by atoms with van der Waals surface area (Å²) < 4.78 is 7.50. The van der Waals surface area contributed by atoms with Crippen LogP contribution in [0.2, 0.25) is 0 Å². The van der Waals surface area contributed by atoms with E-state index >= 15 is 0 Å². The minimum Gasteiger partial charge on any atom is -0.371 e. The topological polar surface area (TPSA) is 69.0 Å². The van der Waals surface area contributed by atoms with Crippen molar-refractivity contribution in [3.05, 3.63) is 33.5 Å². The summed E-state index contributed by atoms with van der Waals surface area (Å²) in [5, 5.41) is 8.15. The molecule has 0 saturated carbocycles. The number of thiazole rings is 1. The highest BCUT2D eigenvalue weighted by Crippen LogP contribution is 2.29. The fraction of sp³-hybridized carbons (Fsp3) is 0.500. The van der Waals surface area contributed by atoms with Gasteiger partial charge < -0.3 is 10.1 Å². The van der Waals surface area contributed by atoms with Gasteiger partial charge in [0.2, 0.25) is 0 Å². The SMILES string of the molecule is Cc1nc(C)c(C(=O)N[C@H]2CCO[C@@H]2c2cnn(C)c2)s1. The number of hydrogen-bond acceptors (Lipinski definition) is 5. The van der Waals surface area contributed by atoms with Gasteiger partial charge in [-0.1, -0.05) is 0 Å². The van der Waals surface area contributed by atoms with Crippen LogP contribution in [0.4, 0.5) is 0 Å². The van der Waals surface area contributed by atoms with Crippen LogP contribution >= 0.6 is 11.3 Å². The maximum absolute atomic E-state index is 12.4. The van der Waals surface area contributed by atoms with Gasteiger partial charge in [-0.05, 0) is 20.3 Å². The van der Waals surface area contributed by atoms with Gasteiger partial charge in [0.25, 0.3) is 5.91 Å². The van der Waals surface area contributed by atoms with Crippen molar-refractivity contribution in [1.82, 2.24) is 20.1 Å². The third kappa shape index (κ3) is 2.84. The molecule has 1 aliphatic heterocycles. The molecule has 0 radical (unpaired) electrons. The van der Waals surface area contributed by atoms with Crippen LogP contribution in [0.3, 0.4) is 0 Å². The first-order chi connectivity index (χ1) is 10.0. The Hall–Kier alpha value is -1.73. The van der Waals surface area contributed by atoms with E-state index in [4.69, 9.17) is 4.74 Å². The van der Waals surface area contributed by atoms with Crippen LogP contribution in [-0.4, -0.2) is 33.3 Å². The fourth-order valence-electron chi connectivity index (χ4n) is 2.63. The molecular weight excluding hydrogens is 288 g/mol. The number of carbonyl (C=O) groups is 1. The van der Waals surface area contributed by atoms with Gasteiger partial charge in [-0.2, -0.15) is 5.10 Å². The number of nitrogens with zero attached hydrogens (tertiary/aromatic N) is 3. The molecule has 1 N–H and O–H groups in total. The Morgan fingerprint density at radius 2 is 2.33 bits per heavy atom. The summed E-state index contributed by atoms with van der Waals surface area (Å²) >= 11 is 1.43. The molecule has 1 aliphatic rings. The summed E-state index contributed by atoms with van der Waals surface area (Å²) in [5.41, 5.74) is 1.78. The first-order valence-electron chi connectivity index (χ1n) is 6.89. The van der Waals surface area contributed by atoms with E-state index < -0.39 is 0 Å². The summed E-state index contributed by atoms with van der Waals surface area (Å²) in [6, 6.07) is -0.0245. The molecule has 0 spiro atoms. The molecule has 3 rings (SSSR count). The average molecular weight is 306 g/mol. The second-order valence-electron chi connectivity index (χ2n) is 5.25. The average Bonchev–Trinajstić information content (AvgIpc) is 3.10. The number of hydrogen-bond donors (Lipinski definition) is 1. The van der Waals surface area contributed by atoms with E-state index in [0.29, 0.717) is 11.5 Å². The van der Waals surface area contributed by atoms with Crippen LogP contribution in [0.5, 0.6) is 0 Å². The van der Waals surface area contributed by atoms with Crippen molar-refractivity contribution in [3.63, 3.8) is 0 Å². The first-order valence-corrected chi connectivity index (χ1v) is 7.71. The Labute approximate surface area is 127 Å². The molecular formula is C14H18N4O2S. The lowest BCUT2D eigenvalue weighted by Crippen LogP contribution is -2.36. The smallest absolute Gasteiger partial charge is 0.263 e. The van der Waals surface area contributed by atoms with Crippen molar-refractivity contribution >= 4 is 17.2 Å². The molecule has 3 heterocycles. The van der Waals surface area contributed by atoms with Gasteiger partial charge in [-0.15, -0.1) is 11.3 Å². The van der Waals surface area contributed by atoms with Gasteiger partial charge in [0, 0.05) is 25.4 Å².